The SMILES string of the molecule is Cc1cnc(C2CCN(Cc3cnn(C(C)C)c3)CC2)n1[C@H](C)CO. The molecule has 1 aliphatic heterocycles. The minimum absolute atomic E-state index is 0.0948. The number of likely N-dealkylation sites (tertiary alicyclic amines) is 1. The highest BCUT2D eigenvalue weighted by Gasteiger charge is 2.26. The van der Waals surface area contributed by atoms with Gasteiger partial charge in [-0.25, -0.2) is 4.98 Å². The molecule has 3 rings (SSSR count). The van der Waals surface area contributed by atoms with Crippen molar-refractivity contribution in [3.8, 4) is 0 Å². The molecule has 1 N–H and O–H groups in total. The first-order valence-corrected chi connectivity index (χ1v) is 9.39. The lowest BCUT2D eigenvalue weighted by Gasteiger charge is -2.32. The molecular formula is C19H31N5O. The van der Waals surface area contributed by atoms with Gasteiger partial charge in [0.1, 0.15) is 5.82 Å². The topological polar surface area (TPSA) is 59.1 Å². The summed E-state index contributed by atoms with van der Waals surface area (Å²) < 4.78 is 4.24. The fourth-order valence-corrected chi connectivity index (χ4v) is 3.77. The van der Waals surface area contributed by atoms with E-state index in [2.05, 4.69) is 53.4 Å². The smallest absolute Gasteiger partial charge is 0.112 e. The Bertz CT molecular complexity index is 682. The van der Waals surface area contributed by atoms with Crippen LogP contribution in [0.1, 0.15) is 68.7 Å². The molecule has 2 aromatic heterocycles. The van der Waals surface area contributed by atoms with Gasteiger partial charge in [0, 0.05) is 42.2 Å². The zero-order valence-corrected chi connectivity index (χ0v) is 15.9. The number of rotatable bonds is 6. The maximum absolute atomic E-state index is 9.54. The van der Waals surface area contributed by atoms with Gasteiger partial charge in [0.15, 0.2) is 0 Å². The summed E-state index contributed by atoms with van der Waals surface area (Å²) in [6.45, 7) is 11.7. The van der Waals surface area contributed by atoms with Crippen LogP contribution >= 0.6 is 0 Å². The van der Waals surface area contributed by atoms with Crippen molar-refractivity contribution in [3.63, 3.8) is 0 Å². The van der Waals surface area contributed by atoms with E-state index in [1.165, 1.54) is 5.56 Å². The van der Waals surface area contributed by atoms with Gasteiger partial charge < -0.3 is 9.67 Å². The summed E-state index contributed by atoms with van der Waals surface area (Å²) in [5.41, 5.74) is 2.43. The molecule has 0 saturated carbocycles. The molecule has 6 heteroatoms. The molecule has 0 amide bonds. The van der Waals surface area contributed by atoms with E-state index in [9.17, 15) is 5.11 Å². The maximum Gasteiger partial charge on any atom is 0.112 e. The average Bonchev–Trinajstić information content (AvgIpc) is 3.22. The van der Waals surface area contributed by atoms with E-state index < -0.39 is 0 Å². The van der Waals surface area contributed by atoms with Gasteiger partial charge in [0.2, 0.25) is 0 Å². The van der Waals surface area contributed by atoms with Gasteiger partial charge in [0.05, 0.1) is 18.8 Å². The Morgan fingerprint density at radius 1 is 1.20 bits per heavy atom. The lowest BCUT2D eigenvalue weighted by Crippen LogP contribution is -2.33. The van der Waals surface area contributed by atoms with Crippen LogP contribution in [0.2, 0.25) is 0 Å². The van der Waals surface area contributed by atoms with E-state index >= 15 is 0 Å². The Kier molecular flexibility index (Phi) is 5.59. The molecule has 1 saturated heterocycles. The van der Waals surface area contributed by atoms with Crippen LogP contribution in [-0.2, 0) is 6.54 Å². The van der Waals surface area contributed by atoms with Crippen LogP contribution in [0, 0.1) is 6.92 Å². The number of aromatic nitrogens is 4. The van der Waals surface area contributed by atoms with Crippen molar-refractivity contribution in [2.24, 2.45) is 0 Å². The molecule has 25 heavy (non-hydrogen) atoms. The first-order valence-electron chi connectivity index (χ1n) is 9.39. The van der Waals surface area contributed by atoms with Gasteiger partial charge in [-0.3, -0.25) is 9.58 Å². The molecule has 0 aromatic carbocycles. The zero-order valence-electron chi connectivity index (χ0n) is 15.9. The van der Waals surface area contributed by atoms with Crippen molar-refractivity contribution in [1.82, 2.24) is 24.2 Å². The van der Waals surface area contributed by atoms with Crippen LogP contribution in [0.3, 0.4) is 0 Å². The first-order chi connectivity index (χ1) is 12.0. The molecule has 6 nitrogen and oxygen atoms in total. The summed E-state index contributed by atoms with van der Waals surface area (Å²) in [6, 6.07) is 0.507. The predicted octanol–water partition coefficient (Wildman–Crippen LogP) is 2.90. The molecule has 3 heterocycles. The van der Waals surface area contributed by atoms with Crippen molar-refractivity contribution < 1.29 is 5.11 Å². The zero-order chi connectivity index (χ0) is 18.0. The number of hydrogen-bond donors (Lipinski definition) is 1. The van der Waals surface area contributed by atoms with Crippen LogP contribution in [0.5, 0.6) is 0 Å². The first kappa shape index (κ1) is 18.1. The van der Waals surface area contributed by atoms with E-state index in [1.54, 1.807) is 0 Å². The van der Waals surface area contributed by atoms with Crippen LogP contribution < -0.4 is 0 Å². The Hall–Kier alpha value is -1.66. The molecule has 138 valence electrons. The highest BCUT2D eigenvalue weighted by molar-refractivity contribution is 5.11. The minimum Gasteiger partial charge on any atom is -0.394 e. The third kappa shape index (κ3) is 3.96. The van der Waals surface area contributed by atoms with E-state index in [0.717, 1.165) is 44.0 Å². The Morgan fingerprint density at radius 2 is 1.92 bits per heavy atom. The molecular weight excluding hydrogens is 314 g/mol. The third-order valence-corrected chi connectivity index (χ3v) is 5.26. The number of imidazole rings is 1. The summed E-state index contributed by atoms with van der Waals surface area (Å²) in [5.74, 6) is 1.63. The Balaban J connectivity index is 1.60. The monoisotopic (exact) mass is 345 g/mol. The lowest BCUT2D eigenvalue weighted by atomic mass is 9.95. The molecule has 1 aliphatic rings. The van der Waals surface area contributed by atoms with Crippen molar-refractivity contribution in [2.45, 2.75) is 65.1 Å². The number of hydrogen-bond acceptors (Lipinski definition) is 4. The summed E-state index contributed by atoms with van der Waals surface area (Å²) in [7, 11) is 0. The fourth-order valence-electron chi connectivity index (χ4n) is 3.77. The van der Waals surface area contributed by atoms with E-state index in [-0.39, 0.29) is 12.6 Å². The second-order valence-electron chi connectivity index (χ2n) is 7.63. The maximum atomic E-state index is 9.54. The predicted molar refractivity (Wildman–Crippen MR) is 98.6 cm³/mol. The molecule has 1 fully saturated rings. The van der Waals surface area contributed by atoms with Crippen molar-refractivity contribution in [2.75, 3.05) is 19.7 Å². The normalized spacial score (nSPS) is 18.2. The number of aliphatic hydroxyl groups is 1. The second-order valence-corrected chi connectivity index (χ2v) is 7.63. The second kappa shape index (κ2) is 7.70. The molecule has 0 aliphatic carbocycles. The molecule has 2 aromatic rings. The van der Waals surface area contributed by atoms with E-state index in [0.29, 0.717) is 12.0 Å². The van der Waals surface area contributed by atoms with E-state index in [1.807, 2.05) is 17.1 Å². The van der Waals surface area contributed by atoms with Crippen LogP contribution in [0.4, 0.5) is 0 Å². The summed E-state index contributed by atoms with van der Waals surface area (Å²) in [5, 5.41) is 14.0. The third-order valence-electron chi connectivity index (χ3n) is 5.26. The molecule has 0 bridgehead atoms. The number of nitrogens with zero attached hydrogens (tertiary/aromatic N) is 5. The van der Waals surface area contributed by atoms with Gasteiger partial charge in [-0.2, -0.15) is 5.10 Å². The molecule has 0 radical (unpaired) electrons. The van der Waals surface area contributed by atoms with Gasteiger partial charge >= 0.3 is 0 Å². The van der Waals surface area contributed by atoms with Crippen LogP contribution in [-0.4, -0.2) is 49.0 Å². The number of piperidine rings is 1. The highest BCUT2D eigenvalue weighted by atomic mass is 16.3. The lowest BCUT2D eigenvalue weighted by molar-refractivity contribution is 0.193. The Labute approximate surface area is 150 Å². The number of aryl methyl sites for hydroxylation is 1. The minimum atomic E-state index is 0.0948. The Morgan fingerprint density at radius 3 is 2.52 bits per heavy atom. The fraction of sp³-hybridized carbons (Fsp3) is 0.684. The highest BCUT2D eigenvalue weighted by Crippen LogP contribution is 2.30. The standard InChI is InChI=1S/C19H31N5O/c1-14(2)23-12-17(10-21-23)11-22-7-5-18(6-8-22)19-20-9-15(3)24(19)16(4)13-25/h9-10,12,14,16,18,25H,5-8,11,13H2,1-4H3/t16-/m1/s1. The van der Waals surface area contributed by atoms with E-state index in [4.69, 9.17) is 0 Å². The largest absolute Gasteiger partial charge is 0.394 e. The molecule has 0 unspecified atom stereocenters. The summed E-state index contributed by atoms with van der Waals surface area (Å²) >= 11 is 0. The average molecular weight is 345 g/mol. The van der Waals surface area contributed by atoms with Crippen molar-refractivity contribution >= 4 is 0 Å². The van der Waals surface area contributed by atoms with Crippen molar-refractivity contribution in [3.05, 3.63) is 35.7 Å². The molecule has 0 spiro atoms. The van der Waals surface area contributed by atoms with Crippen molar-refractivity contribution in [1.29, 1.82) is 0 Å². The van der Waals surface area contributed by atoms with Gasteiger partial charge in [-0.05, 0) is 53.6 Å². The summed E-state index contributed by atoms with van der Waals surface area (Å²) in [6.07, 6.45) is 8.33. The summed E-state index contributed by atoms with van der Waals surface area (Å²) in [4.78, 5) is 7.17. The van der Waals surface area contributed by atoms with Crippen LogP contribution in [0.25, 0.3) is 0 Å². The van der Waals surface area contributed by atoms with Gasteiger partial charge in [0.25, 0.3) is 0 Å². The quantitative estimate of drug-likeness (QED) is 0.874. The van der Waals surface area contributed by atoms with Crippen LogP contribution in [0.15, 0.2) is 18.6 Å². The molecule has 1 atom stereocenters. The number of aliphatic hydroxyl groups excluding tert-OH is 1. The van der Waals surface area contributed by atoms with Gasteiger partial charge in [-0.1, -0.05) is 0 Å². The van der Waals surface area contributed by atoms with Gasteiger partial charge in [-0.15, -0.1) is 0 Å².